The lowest BCUT2D eigenvalue weighted by Crippen LogP contribution is -2.80. The summed E-state index contributed by atoms with van der Waals surface area (Å²) in [7, 11) is -2.61. The molecule has 2 aromatic rings. The molecular weight excluding hydrogens is 781 g/mol. The van der Waals surface area contributed by atoms with Crippen LogP contribution in [0.5, 0.6) is 0 Å². The Hall–Kier alpha value is -4.59. The largest absolute Gasteiger partial charge is 0.458 e. The van der Waals surface area contributed by atoms with Gasteiger partial charge in [0.15, 0.2) is 18.3 Å². The van der Waals surface area contributed by atoms with Gasteiger partial charge in [-0.2, -0.15) is 0 Å². The van der Waals surface area contributed by atoms with Crippen molar-refractivity contribution in [3.63, 3.8) is 0 Å². The summed E-state index contributed by atoms with van der Waals surface area (Å²) in [5.74, 6) is -7.17. The van der Waals surface area contributed by atoms with Crippen LogP contribution in [0.25, 0.3) is 0 Å². The predicted molar refractivity (Wildman–Crippen MR) is 216 cm³/mol. The van der Waals surface area contributed by atoms with E-state index in [-0.39, 0.29) is 16.2 Å². The zero-order valence-corrected chi connectivity index (χ0v) is 37.4. The molecule has 0 saturated carbocycles. The highest BCUT2D eigenvalue weighted by Crippen LogP contribution is 2.58. The van der Waals surface area contributed by atoms with Gasteiger partial charge in [0.1, 0.15) is 24.9 Å². The Balaban J connectivity index is 2.23. The molecule has 2 heterocycles. The van der Waals surface area contributed by atoms with Crippen molar-refractivity contribution < 1.29 is 67.3 Å². The molecule has 2 saturated heterocycles. The standard InChI is InChI=1S/C44H58O14Si/c1-38(2,3)55-35(48)32-42(51,36(49)56-39(4,5)6)43(37(50)57-40(7,8)9)30(52-33(46)27-21-17-15-18-22-27)31(53-34(47)28-23-19-16-20-24-28)44(54-32,58-43)29(45)25-26-59(13,14)41(10,11)12/h15-24,29-32,45,51H,1-14H3/t29?,30-,31-,32-,42-,43+,44+/m1/s1. The summed E-state index contributed by atoms with van der Waals surface area (Å²) < 4.78 is 42.3. The van der Waals surface area contributed by atoms with Crippen molar-refractivity contribution in [3.05, 3.63) is 71.8 Å². The zero-order valence-electron chi connectivity index (χ0n) is 36.4. The molecule has 2 aliphatic heterocycles. The van der Waals surface area contributed by atoms with Gasteiger partial charge in [-0.25, -0.2) is 24.0 Å². The van der Waals surface area contributed by atoms with Gasteiger partial charge in [-0.3, -0.25) is 0 Å². The average Bonchev–Trinajstić information content (AvgIpc) is 3.34. The minimum Gasteiger partial charge on any atom is -0.458 e. The smallest absolute Gasteiger partial charge is 0.347 e. The Kier molecular flexibility index (Phi) is 12.9. The van der Waals surface area contributed by atoms with Crippen LogP contribution in [0.3, 0.4) is 0 Å². The fourth-order valence-corrected chi connectivity index (χ4v) is 6.99. The maximum absolute atomic E-state index is 15.2. The maximum atomic E-state index is 15.2. The first-order valence-corrected chi connectivity index (χ1v) is 22.3. The van der Waals surface area contributed by atoms with E-state index in [1.54, 1.807) is 24.3 Å². The molecule has 2 bridgehead atoms. The van der Waals surface area contributed by atoms with Crippen molar-refractivity contribution in [3.8, 4) is 11.5 Å². The number of ether oxygens (including phenoxy) is 7. The van der Waals surface area contributed by atoms with Crippen LogP contribution in [0.15, 0.2) is 60.7 Å². The van der Waals surface area contributed by atoms with E-state index >= 15 is 4.79 Å². The molecule has 0 aromatic heterocycles. The highest BCUT2D eigenvalue weighted by Gasteiger charge is 2.89. The summed E-state index contributed by atoms with van der Waals surface area (Å²) >= 11 is 0. The van der Waals surface area contributed by atoms with Gasteiger partial charge in [-0.1, -0.05) is 76.2 Å². The lowest BCUT2D eigenvalue weighted by molar-refractivity contribution is -0.390. The summed E-state index contributed by atoms with van der Waals surface area (Å²) in [5.41, 5.74) is -8.21. The lowest BCUT2D eigenvalue weighted by Gasteiger charge is -2.51. The summed E-state index contributed by atoms with van der Waals surface area (Å²) in [5, 5.41) is 25.3. The van der Waals surface area contributed by atoms with E-state index in [2.05, 4.69) is 11.5 Å². The molecule has 2 aliphatic rings. The first-order valence-electron chi connectivity index (χ1n) is 19.3. The Morgan fingerprint density at radius 3 is 1.53 bits per heavy atom. The third-order valence-electron chi connectivity index (χ3n) is 9.94. The van der Waals surface area contributed by atoms with Gasteiger partial charge in [0, 0.05) is 0 Å². The van der Waals surface area contributed by atoms with Gasteiger partial charge < -0.3 is 43.4 Å². The summed E-state index contributed by atoms with van der Waals surface area (Å²) in [6.45, 7) is 23.1. The van der Waals surface area contributed by atoms with Crippen LogP contribution >= 0.6 is 0 Å². The van der Waals surface area contributed by atoms with E-state index in [9.17, 15) is 29.4 Å². The molecule has 0 aliphatic carbocycles. The fraction of sp³-hybridized carbons (Fsp3) is 0.568. The Morgan fingerprint density at radius 2 is 1.10 bits per heavy atom. The highest BCUT2D eigenvalue weighted by atomic mass is 28.3. The molecule has 2 fully saturated rings. The third-order valence-corrected chi connectivity index (χ3v) is 14.5. The van der Waals surface area contributed by atoms with Crippen molar-refractivity contribution in [1.82, 2.24) is 0 Å². The summed E-state index contributed by atoms with van der Waals surface area (Å²) in [6, 6.07) is 15.0. The van der Waals surface area contributed by atoms with Crippen molar-refractivity contribution in [2.75, 3.05) is 0 Å². The number of fused-ring (bicyclic) bond motifs is 2. The van der Waals surface area contributed by atoms with Crippen LogP contribution in [0.1, 0.15) is 104 Å². The van der Waals surface area contributed by atoms with E-state index in [4.69, 9.17) is 33.2 Å². The first-order chi connectivity index (χ1) is 26.8. The van der Waals surface area contributed by atoms with Crippen LogP contribution in [-0.2, 0) is 47.5 Å². The molecular formula is C44H58O14Si. The van der Waals surface area contributed by atoms with E-state index in [0.717, 1.165) is 0 Å². The second-order valence-electron chi connectivity index (χ2n) is 19.3. The van der Waals surface area contributed by atoms with Crippen molar-refractivity contribution in [1.29, 1.82) is 0 Å². The van der Waals surface area contributed by atoms with Crippen LogP contribution < -0.4 is 0 Å². The van der Waals surface area contributed by atoms with Crippen molar-refractivity contribution in [2.24, 2.45) is 0 Å². The molecule has 59 heavy (non-hydrogen) atoms. The van der Waals surface area contributed by atoms with Crippen molar-refractivity contribution >= 4 is 37.9 Å². The SMILES string of the molecule is CC(C)(C)OC(=O)[C@H]1O[C@@]2(C(O)C#C[Si](C)(C)C(C)(C)C)O[C@](C(=O)OC(C)(C)C)([C@H](OC(=O)c3ccccc3)[C@H]2OC(=O)c2ccccc2)[C@]1(O)C(=O)OC(C)(C)C. The number of aliphatic hydroxyl groups excluding tert-OH is 1. The van der Waals surface area contributed by atoms with Crippen LogP contribution in [0.2, 0.25) is 18.1 Å². The number of carbonyl (C=O) groups excluding carboxylic acids is 5. The van der Waals surface area contributed by atoms with E-state index in [1.165, 1.54) is 98.7 Å². The molecule has 4 rings (SSSR count). The zero-order chi connectivity index (χ0) is 44.8. The summed E-state index contributed by atoms with van der Waals surface area (Å²) in [4.78, 5) is 72.9. The van der Waals surface area contributed by atoms with Crippen molar-refractivity contribution in [2.45, 2.75) is 159 Å². The number of hydrogen-bond donors (Lipinski definition) is 2. The maximum Gasteiger partial charge on any atom is 0.347 e. The monoisotopic (exact) mass is 838 g/mol. The number of benzene rings is 2. The molecule has 1 unspecified atom stereocenters. The average molecular weight is 839 g/mol. The quantitative estimate of drug-likeness (QED) is 0.147. The van der Waals surface area contributed by atoms with Gasteiger partial charge in [0.25, 0.3) is 11.4 Å². The molecule has 0 amide bonds. The van der Waals surface area contributed by atoms with Gasteiger partial charge in [0.2, 0.25) is 11.7 Å². The topological polar surface area (TPSA) is 190 Å². The van der Waals surface area contributed by atoms with E-state index in [0.29, 0.717) is 0 Å². The van der Waals surface area contributed by atoms with Crippen LogP contribution in [0.4, 0.5) is 0 Å². The number of aliphatic hydroxyl groups is 2. The van der Waals surface area contributed by atoms with Crippen LogP contribution in [0, 0.1) is 11.5 Å². The Labute approximate surface area is 347 Å². The first kappa shape index (κ1) is 47.1. The summed E-state index contributed by atoms with van der Waals surface area (Å²) in [6.07, 6.45) is -9.59. The predicted octanol–water partition coefficient (Wildman–Crippen LogP) is 5.47. The van der Waals surface area contributed by atoms with Gasteiger partial charge >= 0.3 is 29.8 Å². The minimum absolute atomic E-state index is 0.0449. The molecule has 2 aromatic carbocycles. The molecule has 14 nitrogen and oxygen atoms in total. The van der Waals surface area contributed by atoms with E-state index < -0.39 is 96.1 Å². The number of carbonyl (C=O) groups is 5. The second-order valence-corrected chi connectivity index (χ2v) is 24.3. The molecule has 0 radical (unpaired) electrons. The Bertz CT molecular complexity index is 1980. The van der Waals surface area contributed by atoms with Gasteiger partial charge in [-0.05, 0) is 91.6 Å². The highest BCUT2D eigenvalue weighted by molar-refractivity contribution is 6.87. The number of hydrogen-bond acceptors (Lipinski definition) is 14. The second kappa shape index (κ2) is 16.1. The molecule has 2 N–H and O–H groups in total. The molecule has 322 valence electrons. The molecule has 7 atom stereocenters. The third kappa shape index (κ3) is 9.58. The van der Waals surface area contributed by atoms with E-state index in [1.807, 2.05) is 33.9 Å². The fourth-order valence-electron chi connectivity index (χ4n) is 6.11. The normalized spacial score (nSPS) is 26.3. The lowest BCUT2D eigenvalue weighted by atomic mass is 9.74. The molecule has 0 spiro atoms. The van der Waals surface area contributed by atoms with Gasteiger partial charge in [0.05, 0.1) is 11.1 Å². The van der Waals surface area contributed by atoms with Crippen LogP contribution in [-0.4, -0.2) is 106 Å². The molecule has 15 heteroatoms. The Morgan fingerprint density at radius 1 is 0.678 bits per heavy atom. The number of esters is 5. The van der Waals surface area contributed by atoms with Gasteiger partial charge in [-0.15, -0.1) is 5.54 Å². The minimum atomic E-state index is -3.67. The number of rotatable bonds is 8.